The Morgan fingerprint density at radius 2 is 2.00 bits per heavy atom. The van der Waals surface area contributed by atoms with Gasteiger partial charge in [-0.1, -0.05) is 20.8 Å². The number of ether oxygens (including phenoxy) is 1. The number of halogens is 1. The summed E-state index contributed by atoms with van der Waals surface area (Å²) in [7, 11) is 0. The van der Waals surface area contributed by atoms with Crippen LogP contribution in [0.4, 0.5) is 4.39 Å². The number of benzene rings is 1. The van der Waals surface area contributed by atoms with Crippen LogP contribution in [0.1, 0.15) is 44.0 Å². The largest absolute Gasteiger partial charge is 0.493 e. The van der Waals surface area contributed by atoms with Gasteiger partial charge in [0.1, 0.15) is 11.6 Å². The first-order chi connectivity index (χ1) is 8.28. The molecule has 100 valence electrons. The van der Waals surface area contributed by atoms with E-state index in [4.69, 9.17) is 9.84 Å². The van der Waals surface area contributed by atoms with E-state index in [1.165, 1.54) is 12.1 Å². The van der Waals surface area contributed by atoms with E-state index in [2.05, 4.69) is 20.8 Å². The topological polar surface area (TPSA) is 46.5 Å². The van der Waals surface area contributed by atoms with E-state index in [1.807, 2.05) is 0 Å². The van der Waals surface area contributed by atoms with Crippen LogP contribution < -0.4 is 4.74 Å². The van der Waals surface area contributed by atoms with E-state index in [0.29, 0.717) is 6.61 Å². The molecule has 1 rings (SSSR count). The maximum atomic E-state index is 13.1. The number of carboxylic acid groups (broad SMARTS) is 1. The quantitative estimate of drug-likeness (QED) is 0.814. The molecule has 0 saturated carbocycles. The number of aromatic carboxylic acids is 1. The molecule has 0 unspecified atom stereocenters. The van der Waals surface area contributed by atoms with Gasteiger partial charge in [-0.15, -0.1) is 0 Å². The predicted molar refractivity (Wildman–Crippen MR) is 67.5 cm³/mol. The zero-order valence-electron chi connectivity index (χ0n) is 11.0. The van der Waals surface area contributed by atoms with Crippen LogP contribution in [-0.2, 0) is 0 Å². The highest BCUT2D eigenvalue weighted by Gasteiger charge is 2.10. The van der Waals surface area contributed by atoms with Crippen molar-refractivity contribution >= 4 is 5.97 Å². The summed E-state index contributed by atoms with van der Waals surface area (Å²) in [5, 5.41) is 8.79. The lowest BCUT2D eigenvalue weighted by molar-refractivity contribution is 0.0695. The second-order valence-electron chi connectivity index (χ2n) is 5.49. The van der Waals surface area contributed by atoms with Gasteiger partial charge >= 0.3 is 5.97 Å². The van der Waals surface area contributed by atoms with Crippen molar-refractivity contribution < 1.29 is 19.0 Å². The van der Waals surface area contributed by atoms with Gasteiger partial charge in [0, 0.05) is 6.07 Å². The summed E-state index contributed by atoms with van der Waals surface area (Å²) in [6.45, 7) is 6.87. The summed E-state index contributed by atoms with van der Waals surface area (Å²) < 4.78 is 18.5. The van der Waals surface area contributed by atoms with Crippen molar-refractivity contribution in [2.24, 2.45) is 5.41 Å². The molecule has 0 bridgehead atoms. The Morgan fingerprint density at radius 1 is 1.33 bits per heavy atom. The van der Waals surface area contributed by atoms with Crippen LogP contribution in [0.25, 0.3) is 0 Å². The first-order valence-electron chi connectivity index (χ1n) is 5.95. The van der Waals surface area contributed by atoms with Gasteiger partial charge in [-0.2, -0.15) is 0 Å². The third-order valence-electron chi connectivity index (χ3n) is 2.46. The molecular weight excluding hydrogens is 235 g/mol. The van der Waals surface area contributed by atoms with Gasteiger partial charge in [-0.3, -0.25) is 0 Å². The molecule has 0 saturated heterocycles. The number of carbonyl (C=O) groups is 1. The Morgan fingerprint density at radius 3 is 2.56 bits per heavy atom. The van der Waals surface area contributed by atoms with Crippen LogP contribution in [0.15, 0.2) is 18.2 Å². The molecule has 0 aliphatic carbocycles. The van der Waals surface area contributed by atoms with Crippen molar-refractivity contribution in [3.63, 3.8) is 0 Å². The van der Waals surface area contributed by atoms with Gasteiger partial charge in [-0.25, -0.2) is 9.18 Å². The summed E-state index contributed by atoms with van der Waals surface area (Å²) in [6, 6.07) is 3.51. The van der Waals surface area contributed by atoms with Crippen LogP contribution in [0.2, 0.25) is 0 Å². The molecule has 1 aromatic rings. The molecule has 0 amide bonds. The van der Waals surface area contributed by atoms with Gasteiger partial charge in [-0.05, 0) is 30.4 Å². The Balaban J connectivity index is 2.55. The minimum atomic E-state index is -1.16. The average Bonchev–Trinajstić information content (AvgIpc) is 2.22. The van der Waals surface area contributed by atoms with Crippen LogP contribution in [-0.4, -0.2) is 17.7 Å². The van der Waals surface area contributed by atoms with E-state index in [1.54, 1.807) is 0 Å². The van der Waals surface area contributed by atoms with Crippen LogP contribution in [0.5, 0.6) is 5.75 Å². The first kappa shape index (κ1) is 14.5. The molecule has 1 N–H and O–H groups in total. The fourth-order valence-electron chi connectivity index (χ4n) is 1.56. The summed E-state index contributed by atoms with van der Waals surface area (Å²) >= 11 is 0. The second kappa shape index (κ2) is 5.85. The number of hydrogen-bond donors (Lipinski definition) is 1. The predicted octanol–water partition coefficient (Wildman–Crippen LogP) is 3.73. The van der Waals surface area contributed by atoms with Crippen molar-refractivity contribution in [2.75, 3.05) is 6.61 Å². The third-order valence-corrected chi connectivity index (χ3v) is 2.46. The Hall–Kier alpha value is -1.58. The Labute approximate surface area is 107 Å². The summed E-state index contributed by atoms with van der Waals surface area (Å²) in [6.07, 6.45) is 1.84. The van der Waals surface area contributed by atoms with E-state index in [-0.39, 0.29) is 16.7 Å². The second-order valence-corrected chi connectivity index (χ2v) is 5.49. The molecule has 0 radical (unpaired) electrons. The van der Waals surface area contributed by atoms with Crippen molar-refractivity contribution in [1.82, 2.24) is 0 Å². The van der Waals surface area contributed by atoms with Gasteiger partial charge < -0.3 is 9.84 Å². The number of hydrogen-bond acceptors (Lipinski definition) is 2. The normalized spacial score (nSPS) is 11.3. The number of rotatable bonds is 5. The zero-order valence-corrected chi connectivity index (χ0v) is 11.0. The average molecular weight is 254 g/mol. The third kappa shape index (κ3) is 5.17. The summed E-state index contributed by atoms with van der Waals surface area (Å²) in [4.78, 5) is 10.7. The maximum Gasteiger partial charge on any atom is 0.335 e. The molecule has 0 aliphatic rings. The monoisotopic (exact) mass is 254 g/mol. The summed E-state index contributed by atoms with van der Waals surface area (Å²) in [5.74, 6) is -1.49. The molecule has 0 aromatic heterocycles. The molecular formula is C14H19FO3. The lowest BCUT2D eigenvalue weighted by Gasteiger charge is -2.17. The fourth-order valence-corrected chi connectivity index (χ4v) is 1.56. The molecule has 1 aromatic carbocycles. The highest BCUT2D eigenvalue weighted by Crippen LogP contribution is 2.21. The molecule has 0 aliphatic heterocycles. The molecule has 0 atom stereocenters. The maximum absolute atomic E-state index is 13.1. The lowest BCUT2D eigenvalue weighted by Crippen LogP contribution is -2.08. The van der Waals surface area contributed by atoms with Crippen LogP contribution in [0.3, 0.4) is 0 Å². The Bertz CT molecular complexity index is 422. The van der Waals surface area contributed by atoms with Gasteiger partial charge in [0.05, 0.1) is 12.2 Å². The Kier molecular flexibility index (Phi) is 4.70. The molecule has 0 fully saturated rings. The van der Waals surface area contributed by atoms with Crippen molar-refractivity contribution in [3.05, 3.63) is 29.6 Å². The fraction of sp³-hybridized carbons (Fsp3) is 0.500. The SMILES string of the molecule is CC(C)(C)CCCOc1cc(F)cc(C(=O)O)c1. The van der Waals surface area contributed by atoms with Crippen molar-refractivity contribution in [1.29, 1.82) is 0 Å². The van der Waals surface area contributed by atoms with E-state index < -0.39 is 11.8 Å². The molecule has 4 heteroatoms. The van der Waals surface area contributed by atoms with Gasteiger partial charge in [0.25, 0.3) is 0 Å². The van der Waals surface area contributed by atoms with Crippen molar-refractivity contribution in [2.45, 2.75) is 33.6 Å². The first-order valence-corrected chi connectivity index (χ1v) is 5.95. The van der Waals surface area contributed by atoms with Crippen LogP contribution >= 0.6 is 0 Å². The molecule has 18 heavy (non-hydrogen) atoms. The van der Waals surface area contributed by atoms with E-state index in [9.17, 15) is 9.18 Å². The highest BCUT2D eigenvalue weighted by atomic mass is 19.1. The molecule has 0 heterocycles. The van der Waals surface area contributed by atoms with E-state index in [0.717, 1.165) is 18.9 Å². The minimum absolute atomic E-state index is 0.0965. The smallest absolute Gasteiger partial charge is 0.335 e. The van der Waals surface area contributed by atoms with E-state index >= 15 is 0 Å². The highest BCUT2D eigenvalue weighted by molar-refractivity contribution is 5.88. The minimum Gasteiger partial charge on any atom is -0.493 e. The van der Waals surface area contributed by atoms with Crippen LogP contribution in [0, 0.1) is 11.2 Å². The standard InChI is InChI=1S/C14H19FO3/c1-14(2,3)5-4-6-18-12-8-10(13(16)17)7-11(15)9-12/h7-9H,4-6H2,1-3H3,(H,16,17). The summed E-state index contributed by atoms with van der Waals surface area (Å²) in [5.41, 5.74) is 0.137. The van der Waals surface area contributed by atoms with Crippen molar-refractivity contribution in [3.8, 4) is 5.75 Å². The van der Waals surface area contributed by atoms with Gasteiger partial charge in [0.15, 0.2) is 0 Å². The molecule has 0 spiro atoms. The van der Waals surface area contributed by atoms with Gasteiger partial charge in [0.2, 0.25) is 0 Å². The lowest BCUT2D eigenvalue weighted by atomic mass is 9.91. The molecule has 3 nitrogen and oxygen atoms in total. The zero-order chi connectivity index (χ0) is 13.8. The number of carboxylic acids is 1.